The van der Waals surface area contributed by atoms with Crippen molar-refractivity contribution in [2.75, 3.05) is 11.4 Å². The van der Waals surface area contributed by atoms with Crippen molar-refractivity contribution >= 4 is 33.5 Å². The number of carboxylic acids is 1. The van der Waals surface area contributed by atoms with Gasteiger partial charge in [-0.05, 0) is 34.0 Å². The number of halogens is 1. The third-order valence-corrected chi connectivity index (χ3v) is 3.48. The van der Waals surface area contributed by atoms with E-state index >= 15 is 0 Å². The average Bonchev–Trinajstić information content (AvgIpc) is 2.59. The summed E-state index contributed by atoms with van der Waals surface area (Å²) in [6.07, 6.45) is 0.361. The van der Waals surface area contributed by atoms with Crippen LogP contribution in [0.15, 0.2) is 28.7 Å². The predicted molar refractivity (Wildman–Crippen MR) is 66.9 cm³/mol. The highest BCUT2D eigenvalue weighted by Gasteiger charge is 2.32. The molecule has 5 heteroatoms. The molecule has 2 rings (SSSR count). The van der Waals surface area contributed by atoms with Crippen molar-refractivity contribution in [3.05, 3.63) is 28.7 Å². The van der Waals surface area contributed by atoms with Crippen molar-refractivity contribution in [1.82, 2.24) is 0 Å². The molecule has 1 N–H and O–H groups in total. The van der Waals surface area contributed by atoms with Crippen LogP contribution in [0.4, 0.5) is 5.69 Å². The number of amides is 1. The summed E-state index contributed by atoms with van der Waals surface area (Å²) in [5, 5.41) is 8.73. The normalized spacial score (nSPS) is 19.7. The Morgan fingerprint density at radius 3 is 2.82 bits per heavy atom. The molecule has 1 aliphatic heterocycles. The first-order valence-electron chi connectivity index (χ1n) is 5.34. The Balaban J connectivity index is 2.16. The van der Waals surface area contributed by atoms with Crippen LogP contribution in [0, 0.1) is 5.92 Å². The van der Waals surface area contributed by atoms with Crippen molar-refractivity contribution < 1.29 is 14.7 Å². The zero-order valence-electron chi connectivity index (χ0n) is 9.10. The van der Waals surface area contributed by atoms with E-state index in [1.165, 1.54) is 0 Å². The second-order valence-electron chi connectivity index (χ2n) is 4.12. The summed E-state index contributed by atoms with van der Waals surface area (Å²) in [6.45, 7) is 0.480. The second kappa shape index (κ2) is 4.87. The van der Waals surface area contributed by atoms with Crippen molar-refractivity contribution in [2.24, 2.45) is 5.92 Å². The Morgan fingerprint density at radius 2 is 2.18 bits per heavy atom. The van der Waals surface area contributed by atoms with E-state index in [1.54, 1.807) is 4.90 Å². The molecule has 1 aromatic carbocycles. The first-order valence-corrected chi connectivity index (χ1v) is 6.14. The molecule has 17 heavy (non-hydrogen) atoms. The molecule has 1 atom stereocenters. The lowest BCUT2D eigenvalue weighted by Crippen LogP contribution is -2.25. The number of aliphatic carboxylic acids is 1. The Bertz CT molecular complexity index is 461. The van der Waals surface area contributed by atoms with Crippen molar-refractivity contribution in [3.8, 4) is 0 Å². The van der Waals surface area contributed by atoms with Crippen molar-refractivity contribution in [1.29, 1.82) is 0 Å². The summed E-state index contributed by atoms with van der Waals surface area (Å²) < 4.78 is 0.851. The highest BCUT2D eigenvalue weighted by molar-refractivity contribution is 9.10. The molecule has 1 fully saturated rings. The summed E-state index contributed by atoms with van der Waals surface area (Å²) in [7, 11) is 0. The van der Waals surface area contributed by atoms with Crippen LogP contribution in [0.25, 0.3) is 0 Å². The smallest absolute Gasteiger partial charge is 0.303 e. The highest BCUT2D eigenvalue weighted by atomic mass is 79.9. The van der Waals surface area contributed by atoms with Crippen LogP contribution in [0.3, 0.4) is 0 Å². The first kappa shape index (κ1) is 12.1. The van der Waals surface area contributed by atoms with E-state index in [1.807, 2.05) is 24.3 Å². The molecular formula is C12H12BrNO3. The van der Waals surface area contributed by atoms with Crippen LogP contribution in [-0.4, -0.2) is 23.5 Å². The van der Waals surface area contributed by atoms with E-state index in [0.29, 0.717) is 13.0 Å². The van der Waals surface area contributed by atoms with Gasteiger partial charge in [-0.3, -0.25) is 9.59 Å². The SMILES string of the molecule is O=C(O)CC1CC(=O)N(c2ccccc2Br)C1. The number of carboxylic acid groups (broad SMARTS) is 1. The number of hydrogen-bond donors (Lipinski definition) is 1. The number of para-hydroxylation sites is 1. The van der Waals surface area contributed by atoms with Crippen LogP contribution in [-0.2, 0) is 9.59 Å². The largest absolute Gasteiger partial charge is 0.481 e. The van der Waals surface area contributed by atoms with Crippen LogP contribution in [0.5, 0.6) is 0 Å². The Labute approximate surface area is 107 Å². The van der Waals surface area contributed by atoms with E-state index in [9.17, 15) is 9.59 Å². The molecule has 0 radical (unpaired) electrons. The summed E-state index contributed by atoms with van der Waals surface area (Å²) >= 11 is 3.39. The molecule has 4 nitrogen and oxygen atoms in total. The van der Waals surface area contributed by atoms with Gasteiger partial charge in [-0.25, -0.2) is 0 Å². The highest BCUT2D eigenvalue weighted by Crippen LogP contribution is 2.32. The van der Waals surface area contributed by atoms with Gasteiger partial charge >= 0.3 is 5.97 Å². The minimum absolute atomic E-state index is 0.0110. The Hall–Kier alpha value is -1.36. The van der Waals surface area contributed by atoms with Gasteiger partial charge in [0, 0.05) is 17.4 Å². The summed E-state index contributed by atoms with van der Waals surface area (Å²) in [4.78, 5) is 24.1. The molecule has 1 aliphatic rings. The molecule has 0 spiro atoms. The molecule has 0 aliphatic carbocycles. The third-order valence-electron chi connectivity index (χ3n) is 2.81. The maximum atomic E-state index is 11.8. The van der Waals surface area contributed by atoms with Crippen LogP contribution in [0.1, 0.15) is 12.8 Å². The Kier molecular flexibility index (Phi) is 3.47. The van der Waals surface area contributed by atoms with E-state index < -0.39 is 5.97 Å². The van der Waals surface area contributed by atoms with Crippen molar-refractivity contribution in [2.45, 2.75) is 12.8 Å². The fourth-order valence-electron chi connectivity index (χ4n) is 2.07. The van der Waals surface area contributed by atoms with Gasteiger partial charge in [-0.15, -0.1) is 0 Å². The average molecular weight is 298 g/mol. The maximum Gasteiger partial charge on any atom is 0.303 e. The lowest BCUT2D eigenvalue weighted by atomic mass is 10.1. The van der Waals surface area contributed by atoms with Crippen molar-refractivity contribution in [3.63, 3.8) is 0 Å². The lowest BCUT2D eigenvalue weighted by molar-refractivity contribution is -0.137. The standard InChI is InChI=1S/C12H12BrNO3/c13-9-3-1-2-4-10(9)14-7-8(5-11(14)15)6-12(16)17/h1-4,8H,5-7H2,(H,16,17). The molecular weight excluding hydrogens is 286 g/mol. The van der Waals surface area contributed by atoms with E-state index in [0.717, 1.165) is 10.2 Å². The molecule has 1 aromatic rings. The topological polar surface area (TPSA) is 57.6 Å². The summed E-state index contributed by atoms with van der Waals surface area (Å²) in [5.41, 5.74) is 0.811. The fraction of sp³-hybridized carbons (Fsp3) is 0.333. The number of carbonyl (C=O) groups excluding carboxylic acids is 1. The maximum absolute atomic E-state index is 11.8. The van der Waals surface area contributed by atoms with E-state index in [4.69, 9.17) is 5.11 Å². The predicted octanol–water partition coefficient (Wildman–Crippen LogP) is 2.28. The fourth-order valence-corrected chi connectivity index (χ4v) is 2.57. The van der Waals surface area contributed by atoms with Gasteiger partial charge < -0.3 is 10.0 Å². The van der Waals surface area contributed by atoms with Gasteiger partial charge in [0.05, 0.1) is 12.1 Å². The third kappa shape index (κ3) is 2.66. The molecule has 0 saturated carbocycles. The molecule has 0 aromatic heterocycles. The van der Waals surface area contributed by atoms with Gasteiger partial charge in [0.15, 0.2) is 0 Å². The number of carbonyl (C=O) groups is 2. The van der Waals surface area contributed by atoms with E-state index in [2.05, 4.69) is 15.9 Å². The number of hydrogen-bond acceptors (Lipinski definition) is 2. The second-order valence-corrected chi connectivity index (χ2v) is 4.98. The zero-order chi connectivity index (χ0) is 12.4. The van der Waals surface area contributed by atoms with Crippen LogP contribution in [0.2, 0.25) is 0 Å². The minimum atomic E-state index is -0.850. The number of anilines is 1. The van der Waals surface area contributed by atoms with Gasteiger partial charge in [0.2, 0.25) is 5.91 Å². The van der Waals surface area contributed by atoms with Gasteiger partial charge in [0.25, 0.3) is 0 Å². The molecule has 1 heterocycles. The van der Waals surface area contributed by atoms with Crippen LogP contribution >= 0.6 is 15.9 Å². The molecule has 1 saturated heterocycles. The number of rotatable bonds is 3. The molecule has 0 bridgehead atoms. The summed E-state index contributed by atoms with van der Waals surface area (Å²) in [6, 6.07) is 7.46. The van der Waals surface area contributed by atoms with Gasteiger partial charge in [-0.2, -0.15) is 0 Å². The zero-order valence-corrected chi connectivity index (χ0v) is 10.7. The molecule has 1 amide bonds. The minimum Gasteiger partial charge on any atom is -0.481 e. The Morgan fingerprint density at radius 1 is 1.47 bits per heavy atom. The summed E-state index contributed by atoms with van der Waals surface area (Å²) in [5.74, 6) is -0.952. The molecule has 90 valence electrons. The lowest BCUT2D eigenvalue weighted by Gasteiger charge is -2.17. The van der Waals surface area contributed by atoms with Gasteiger partial charge in [0.1, 0.15) is 0 Å². The van der Waals surface area contributed by atoms with E-state index in [-0.39, 0.29) is 18.2 Å². The number of nitrogens with zero attached hydrogens (tertiary/aromatic N) is 1. The quantitative estimate of drug-likeness (QED) is 0.931. The monoisotopic (exact) mass is 297 g/mol. The first-order chi connectivity index (χ1) is 8.08. The van der Waals surface area contributed by atoms with Crippen LogP contribution < -0.4 is 4.90 Å². The number of benzene rings is 1. The molecule has 1 unspecified atom stereocenters. The van der Waals surface area contributed by atoms with Gasteiger partial charge in [-0.1, -0.05) is 12.1 Å².